The van der Waals surface area contributed by atoms with E-state index >= 15 is 0 Å². The Morgan fingerprint density at radius 3 is 2.38 bits per heavy atom. The first kappa shape index (κ1) is 29.9. The molecule has 6 nitrogen and oxygen atoms in total. The predicted molar refractivity (Wildman–Crippen MR) is 164 cm³/mol. The molecule has 0 bridgehead atoms. The van der Waals surface area contributed by atoms with Gasteiger partial charge in [0.2, 0.25) is 0 Å². The summed E-state index contributed by atoms with van der Waals surface area (Å²) in [6.07, 6.45) is 7.22. The quantitative estimate of drug-likeness (QED) is 0.107. The molecule has 3 aromatic carbocycles. The number of nitrogens with zero attached hydrogens (tertiary/aromatic N) is 1. The minimum atomic E-state index is -0.216. The third-order valence-electron chi connectivity index (χ3n) is 8.16. The Hall–Kier alpha value is -3.58. The van der Waals surface area contributed by atoms with Gasteiger partial charge in [-0.2, -0.15) is 0 Å². The highest BCUT2D eigenvalue weighted by Gasteiger charge is 2.45. The number of unbranched alkanes of at least 4 members (excludes halogenated alkanes) is 1. The van der Waals surface area contributed by atoms with Crippen molar-refractivity contribution in [3.05, 3.63) is 102 Å². The van der Waals surface area contributed by atoms with Gasteiger partial charge in [0, 0.05) is 31.8 Å². The number of ether oxygens (including phenoxy) is 3. The van der Waals surface area contributed by atoms with Crippen molar-refractivity contribution in [2.45, 2.75) is 57.8 Å². The zero-order valence-electron chi connectivity index (χ0n) is 24.5. The second-order valence-electron chi connectivity index (χ2n) is 11.2. The number of Topliss-reactive ketones (excluding diaryl/α,β-unsaturated/α-hetero) is 1. The summed E-state index contributed by atoms with van der Waals surface area (Å²) in [6, 6.07) is 26.2. The molecule has 0 aromatic heterocycles. The second kappa shape index (κ2) is 15.1. The first-order valence-corrected chi connectivity index (χ1v) is 15.1. The lowest BCUT2D eigenvalue weighted by Gasteiger charge is -2.35. The summed E-state index contributed by atoms with van der Waals surface area (Å²) in [6.45, 7) is 5.34. The van der Waals surface area contributed by atoms with E-state index in [1.165, 1.54) is 11.1 Å². The van der Waals surface area contributed by atoms with E-state index in [1.807, 2.05) is 49.4 Å². The van der Waals surface area contributed by atoms with E-state index < -0.39 is 0 Å². The fraction of sp³-hybridized carbons (Fsp3) is 0.389. The van der Waals surface area contributed by atoms with Crippen LogP contribution in [-0.2, 0) is 25.7 Å². The van der Waals surface area contributed by atoms with Crippen molar-refractivity contribution in [3.8, 4) is 16.9 Å². The average Bonchev–Trinajstić information content (AvgIpc) is 3.34. The first-order chi connectivity index (χ1) is 20.6. The van der Waals surface area contributed by atoms with Crippen molar-refractivity contribution in [1.82, 2.24) is 4.90 Å². The number of allylic oxidation sites excluding steroid dienone is 2. The van der Waals surface area contributed by atoms with E-state index in [0.717, 1.165) is 43.5 Å². The summed E-state index contributed by atoms with van der Waals surface area (Å²) in [5.74, 6) is 0.714. The highest BCUT2D eigenvalue weighted by atomic mass is 16.5. The van der Waals surface area contributed by atoms with E-state index in [4.69, 9.17) is 14.2 Å². The van der Waals surface area contributed by atoms with Crippen LogP contribution in [0.4, 0.5) is 0 Å². The molecule has 0 radical (unpaired) electrons. The fourth-order valence-electron chi connectivity index (χ4n) is 5.86. The lowest BCUT2D eigenvalue weighted by atomic mass is 9.95. The van der Waals surface area contributed by atoms with Gasteiger partial charge in [0.1, 0.15) is 5.75 Å². The molecule has 0 unspecified atom stereocenters. The minimum absolute atomic E-state index is 0.0851. The van der Waals surface area contributed by atoms with E-state index in [2.05, 4.69) is 53.5 Å². The zero-order valence-corrected chi connectivity index (χ0v) is 24.5. The third-order valence-corrected chi connectivity index (χ3v) is 8.16. The van der Waals surface area contributed by atoms with E-state index in [1.54, 1.807) is 0 Å². The van der Waals surface area contributed by atoms with E-state index in [0.29, 0.717) is 38.4 Å². The molecule has 3 atom stereocenters. The SMILES string of the molecule is Cc1ccc(OC(=O)CCCC=CC[C@H]2[C@@H](OCc3ccc(-c4ccccc4)cc3)CC(=O)[C@@H]2N2CCOCC2)cc1. The van der Waals surface area contributed by atoms with Crippen LogP contribution >= 0.6 is 0 Å². The van der Waals surface area contributed by atoms with Gasteiger partial charge in [-0.05, 0) is 55.0 Å². The van der Waals surface area contributed by atoms with Gasteiger partial charge in [0.05, 0.1) is 32.0 Å². The van der Waals surface area contributed by atoms with Crippen molar-refractivity contribution < 1.29 is 23.8 Å². The predicted octanol–water partition coefficient (Wildman–Crippen LogP) is 6.56. The highest BCUT2D eigenvalue weighted by Crippen LogP contribution is 2.34. The van der Waals surface area contributed by atoms with Crippen molar-refractivity contribution in [2.75, 3.05) is 26.3 Å². The number of hydrogen-bond acceptors (Lipinski definition) is 6. The van der Waals surface area contributed by atoms with Crippen LogP contribution in [0.25, 0.3) is 11.1 Å². The Balaban J connectivity index is 1.14. The molecule has 0 spiro atoms. The van der Waals surface area contributed by atoms with Gasteiger partial charge >= 0.3 is 5.97 Å². The molecule has 1 saturated carbocycles. The maximum atomic E-state index is 13.2. The number of benzene rings is 3. The van der Waals surface area contributed by atoms with Crippen LogP contribution < -0.4 is 4.74 Å². The second-order valence-corrected chi connectivity index (χ2v) is 11.2. The Morgan fingerprint density at radius 1 is 0.929 bits per heavy atom. The molecule has 0 N–H and O–H groups in total. The average molecular weight is 568 g/mol. The van der Waals surface area contributed by atoms with Crippen LogP contribution in [0.3, 0.4) is 0 Å². The van der Waals surface area contributed by atoms with Gasteiger partial charge in [-0.1, -0.05) is 84.4 Å². The normalized spacial score (nSPS) is 21.2. The summed E-state index contributed by atoms with van der Waals surface area (Å²) in [5, 5.41) is 0. The number of carbonyl (C=O) groups is 2. The van der Waals surface area contributed by atoms with Gasteiger partial charge < -0.3 is 14.2 Å². The van der Waals surface area contributed by atoms with Crippen LogP contribution in [-0.4, -0.2) is 55.1 Å². The summed E-state index contributed by atoms with van der Waals surface area (Å²) in [5.41, 5.74) is 4.59. The molecule has 1 aliphatic carbocycles. The highest BCUT2D eigenvalue weighted by molar-refractivity contribution is 5.87. The maximum Gasteiger partial charge on any atom is 0.311 e. The fourth-order valence-corrected chi connectivity index (χ4v) is 5.86. The number of aryl methyl sites for hydroxylation is 1. The summed E-state index contributed by atoms with van der Waals surface area (Å²) < 4.78 is 17.4. The van der Waals surface area contributed by atoms with Crippen molar-refractivity contribution in [2.24, 2.45) is 5.92 Å². The van der Waals surface area contributed by atoms with Gasteiger partial charge in [-0.15, -0.1) is 0 Å². The Morgan fingerprint density at radius 2 is 1.64 bits per heavy atom. The lowest BCUT2D eigenvalue weighted by molar-refractivity contribution is -0.134. The largest absolute Gasteiger partial charge is 0.427 e. The minimum Gasteiger partial charge on any atom is -0.427 e. The molecule has 3 aromatic rings. The molecule has 0 amide bonds. The molecular formula is C36H41NO5. The smallest absolute Gasteiger partial charge is 0.311 e. The molecule has 1 heterocycles. The molecule has 2 aliphatic rings. The molecule has 1 saturated heterocycles. The molecule has 5 rings (SSSR count). The standard InChI is InChI=1S/C36H41NO5/c1-27-13-19-31(20-14-27)42-35(39)12-8-3-2-7-11-32-34(25-33(38)36(32)37-21-23-40-24-22-37)41-26-28-15-17-30(18-16-28)29-9-5-4-6-10-29/h2,4-7,9-10,13-20,32,34,36H,3,8,11-12,21-26H2,1H3/t32-,34-,36+/m0/s1. The van der Waals surface area contributed by atoms with Crippen LogP contribution in [0.15, 0.2) is 91.0 Å². The van der Waals surface area contributed by atoms with Crippen LogP contribution in [0.1, 0.15) is 43.2 Å². The summed E-state index contributed by atoms with van der Waals surface area (Å²) in [4.78, 5) is 27.7. The first-order valence-electron chi connectivity index (χ1n) is 15.1. The summed E-state index contributed by atoms with van der Waals surface area (Å²) >= 11 is 0. The zero-order chi connectivity index (χ0) is 29.1. The van der Waals surface area contributed by atoms with Crippen molar-refractivity contribution in [1.29, 1.82) is 0 Å². The van der Waals surface area contributed by atoms with Crippen molar-refractivity contribution >= 4 is 11.8 Å². The van der Waals surface area contributed by atoms with E-state index in [9.17, 15) is 9.59 Å². The molecule has 220 valence electrons. The maximum absolute atomic E-state index is 13.2. The number of hydrogen-bond donors (Lipinski definition) is 0. The number of esters is 1. The molecule has 2 fully saturated rings. The number of morpholine rings is 1. The number of rotatable bonds is 12. The van der Waals surface area contributed by atoms with Crippen LogP contribution in [0.5, 0.6) is 5.75 Å². The monoisotopic (exact) mass is 567 g/mol. The number of ketones is 1. The van der Waals surface area contributed by atoms with Gasteiger partial charge in [-0.3, -0.25) is 14.5 Å². The molecule has 42 heavy (non-hydrogen) atoms. The van der Waals surface area contributed by atoms with Crippen molar-refractivity contribution in [3.63, 3.8) is 0 Å². The van der Waals surface area contributed by atoms with E-state index in [-0.39, 0.29) is 29.8 Å². The molecule has 6 heteroatoms. The Labute approximate surface area is 249 Å². The van der Waals surface area contributed by atoms with Gasteiger partial charge in [0.25, 0.3) is 0 Å². The van der Waals surface area contributed by atoms with Crippen LogP contribution in [0.2, 0.25) is 0 Å². The Bertz CT molecular complexity index is 1310. The number of carbonyl (C=O) groups excluding carboxylic acids is 2. The molecule has 1 aliphatic heterocycles. The van der Waals surface area contributed by atoms with Gasteiger partial charge in [0.15, 0.2) is 5.78 Å². The third kappa shape index (κ3) is 8.25. The lowest BCUT2D eigenvalue weighted by Crippen LogP contribution is -2.49. The molecular weight excluding hydrogens is 526 g/mol. The Kier molecular flexibility index (Phi) is 10.7. The van der Waals surface area contributed by atoms with Crippen LogP contribution in [0, 0.1) is 12.8 Å². The van der Waals surface area contributed by atoms with Gasteiger partial charge in [-0.25, -0.2) is 0 Å². The topological polar surface area (TPSA) is 65.1 Å². The summed E-state index contributed by atoms with van der Waals surface area (Å²) in [7, 11) is 0.